The second kappa shape index (κ2) is 10.3. The SMILES string of the molecule is CCNC(=NCC1(O)CCSC1)N(C)CC1CCCN1CC.I. The van der Waals surface area contributed by atoms with Crippen LogP contribution in [0.15, 0.2) is 4.99 Å². The third-order valence-electron chi connectivity index (χ3n) is 4.69. The molecule has 2 heterocycles. The summed E-state index contributed by atoms with van der Waals surface area (Å²) in [6.45, 7) is 9.06. The molecule has 0 radical (unpaired) electrons. The number of nitrogens with one attached hydrogen (secondary N) is 1. The van der Waals surface area contributed by atoms with Crippen molar-refractivity contribution in [3.63, 3.8) is 0 Å². The maximum atomic E-state index is 10.5. The quantitative estimate of drug-likeness (QED) is 0.363. The molecule has 0 aromatic carbocycles. The Bertz CT molecular complexity index is 377. The van der Waals surface area contributed by atoms with Gasteiger partial charge in [0.25, 0.3) is 0 Å². The lowest BCUT2D eigenvalue weighted by molar-refractivity contribution is 0.0775. The zero-order valence-electron chi connectivity index (χ0n) is 14.8. The average Bonchev–Trinajstić information content (AvgIpc) is 3.12. The number of rotatable bonds is 6. The van der Waals surface area contributed by atoms with E-state index in [4.69, 9.17) is 4.99 Å². The van der Waals surface area contributed by atoms with Crippen molar-refractivity contribution < 1.29 is 5.11 Å². The van der Waals surface area contributed by atoms with Crippen molar-refractivity contribution in [3.8, 4) is 0 Å². The van der Waals surface area contributed by atoms with Crippen LogP contribution in [0.25, 0.3) is 0 Å². The van der Waals surface area contributed by atoms with Crippen LogP contribution in [0.4, 0.5) is 0 Å². The molecule has 2 saturated heterocycles. The minimum atomic E-state index is -0.602. The molecular weight excluding hydrogens is 423 g/mol. The minimum absolute atomic E-state index is 0. The molecule has 2 atom stereocenters. The maximum absolute atomic E-state index is 10.5. The van der Waals surface area contributed by atoms with Gasteiger partial charge in [0.05, 0.1) is 12.1 Å². The van der Waals surface area contributed by atoms with Gasteiger partial charge in [-0.1, -0.05) is 6.92 Å². The Morgan fingerprint density at radius 3 is 2.87 bits per heavy atom. The van der Waals surface area contributed by atoms with E-state index in [1.165, 1.54) is 19.4 Å². The molecule has 2 fully saturated rings. The van der Waals surface area contributed by atoms with Crippen molar-refractivity contribution in [2.75, 3.05) is 51.3 Å². The van der Waals surface area contributed by atoms with Crippen LogP contribution in [0, 0.1) is 0 Å². The van der Waals surface area contributed by atoms with Gasteiger partial charge in [0.15, 0.2) is 5.96 Å². The Kier molecular flexibility index (Phi) is 9.55. The van der Waals surface area contributed by atoms with E-state index in [-0.39, 0.29) is 24.0 Å². The van der Waals surface area contributed by atoms with Gasteiger partial charge < -0.3 is 15.3 Å². The van der Waals surface area contributed by atoms with Gasteiger partial charge in [0, 0.05) is 31.9 Å². The molecule has 2 N–H and O–H groups in total. The largest absolute Gasteiger partial charge is 0.387 e. The van der Waals surface area contributed by atoms with Crippen molar-refractivity contribution in [2.24, 2.45) is 4.99 Å². The van der Waals surface area contributed by atoms with Gasteiger partial charge in [-0.3, -0.25) is 9.89 Å². The summed E-state index contributed by atoms with van der Waals surface area (Å²) >= 11 is 1.82. The van der Waals surface area contributed by atoms with Crippen LogP contribution < -0.4 is 5.32 Å². The Morgan fingerprint density at radius 1 is 1.48 bits per heavy atom. The Balaban J connectivity index is 0.00000264. The van der Waals surface area contributed by atoms with Crippen molar-refractivity contribution in [1.29, 1.82) is 0 Å². The zero-order valence-corrected chi connectivity index (χ0v) is 17.9. The molecule has 5 nitrogen and oxygen atoms in total. The van der Waals surface area contributed by atoms with Gasteiger partial charge in [-0.15, -0.1) is 24.0 Å². The third-order valence-corrected chi connectivity index (χ3v) is 5.93. The minimum Gasteiger partial charge on any atom is -0.387 e. The molecule has 136 valence electrons. The molecule has 2 aliphatic rings. The highest BCUT2D eigenvalue weighted by molar-refractivity contribution is 14.0. The normalized spacial score (nSPS) is 28.7. The number of aliphatic hydroxyl groups is 1. The Labute approximate surface area is 162 Å². The molecule has 0 amide bonds. The van der Waals surface area contributed by atoms with Crippen molar-refractivity contribution >= 4 is 41.7 Å². The summed E-state index contributed by atoms with van der Waals surface area (Å²) in [6.07, 6.45) is 3.44. The summed E-state index contributed by atoms with van der Waals surface area (Å²) in [4.78, 5) is 9.50. The highest BCUT2D eigenvalue weighted by atomic mass is 127. The molecule has 2 rings (SSSR count). The summed E-state index contributed by atoms with van der Waals surface area (Å²) < 4.78 is 0. The standard InChI is InChI=1S/C16H32N4OS.HI/c1-4-17-15(18-12-16(21)8-10-22-13-16)19(3)11-14-7-6-9-20(14)5-2;/h14,21H,4-13H2,1-3H3,(H,17,18);1H. The summed E-state index contributed by atoms with van der Waals surface area (Å²) in [5, 5.41) is 13.8. The molecule has 2 aliphatic heterocycles. The topological polar surface area (TPSA) is 51.1 Å². The number of thioether (sulfide) groups is 1. The number of hydrogen-bond acceptors (Lipinski definition) is 4. The van der Waals surface area contributed by atoms with Crippen molar-refractivity contribution in [3.05, 3.63) is 0 Å². The van der Waals surface area contributed by atoms with Gasteiger partial charge >= 0.3 is 0 Å². The summed E-state index contributed by atoms with van der Waals surface area (Å²) in [5.74, 6) is 2.79. The number of likely N-dealkylation sites (N-methyl/N-ethyl adjacent to an activating group) is 2. The maximum Gasteiger partial charge on any atom is 0.193 e. The first-order valence-corrected chi connectivity index (χ1v) is 9.77. The fraction of sp³-hybridized carbons (Fsp3) is 0.938. The third kappa shape index (κ3) is 6.25. The van der Waals surface area contributed by atoms with Crippen molar-refractivity contribution in [2.45, 2.75) is 44.8 Å². The van der Waals surface area contributed by atoms with E-state index in [1.54, 1.807) is 0 Å². The second-order valence-corrected chi connectivity index (χ2v) is 7.61. The van der Waals surface area contributed by atoms with E-state index < -0.39 is 5.60 Å². The van der Waals surface area contributed by atoms with Crippen LogP contribution in [-0.4, -0.2) is 83.8 Å². The molecule has 0 aromatic heterocycles. The summed E-state index contributed by atoms with van der Waals surface area (Å²) in [6, 6.07) is 0.629. The highest BCUT2D eigenvalue weighted by Crippen LogP contribution is 2.28. The second-order valence-electron chi connectivity index (χ2n) is 6.50. The van der Waals surface area contributed by atoms with Crippen LogP contribution in [-0.2, 0) is 0 Å². The number of nitrogens with zero attached hydrogens (tertiary/aromatic N) is 3. The first-order chi connectivity index (χ1) is 10.6. The lowest BCUT2D eigenvalue weighted by Crippen LogP contribution is -2.46. The Hall–Kier alpha value is 0.270. The van der Waals surface area contributed by atoms with Gasteiger partial charge in [-0.25, -0.2) is 0 Å². The molecular formula is C16H33IN4OS. The molecule has 23 heavy (non-hydrogen) atoms. The van der Waals surface area contributed by atoms with E-state index in [1.807, 2.05) is 11.8 Å². The van der Waals surface area contributed by atoms with E-state index in [0.29, 0.717) is 12.6 Å². The van der Waals surface area contributed by atoms with E-state index in [2.05, 4.69) is 36.0 Å². The van der Waals surface area contributed by atoms with Crippen molar-refractivity contribution in [1.82, 2.24) is 15.1 Å². The van der Waals surface area contributed by atoms with Gasteiger partial charge in [-0.2, -0.15) is 11.8 Å². The summed E-state index contributed by atoms with van der Waals surface area (Å²) in [7, 11) is 2.11. The van der Waals surface area contributed by atoms with E-state index >= 15 is 0 Å². The molecule has 0 spiro atoms. The fourth-order valence-electron chi connectivity index (χ4n) is 3.33. The van der Waals surface area contributed by atoms with Gasteiger partial charge in [0.1, 0.15) is 0 Å². The van der Waals surface area contributed by atoms with E-state index in [9.17, 15) is 5.11 Å². The number of hydrogen-bond donors (Lipinski definition) is 2. The highest BCUT2D eigenvalue weighted by Gasteiger charge is 2.32. The Morgan fingerprint density at radius 2 is 2.26 bits per heavy atom. The van der Waals surface area contributed by atoms with Crippen LogP contribution >= 0.6 is 35.7 Å². The van der Waals surface area contributed by atoms with Gasteiger partial charge in [-0.05, 0) is 45.0 Å². The van der Waals surface area contributed by atoms with Crippen LogP contribution in [0.1, 0.15) is 33.1 Å². The zero-order chi connectivity index (χ0) is 16.0. The number of guanidine groups is 1. The lowest BCUT2D eigenvalue weighted by atomic mass is 10.0. The van der Waals surface area contributed by atoms with E-state index in [0.717, 1.165) is 43.5 Å². The number of halogens is 1. The molecule has 0 aromatic rings. The smallest absolute Gasteiger partial charge is 0.193 e. The monoisotopic (exact) mass is 456 g/mol. The predicted octanol–water partition coefficient (Wildman–Crippen LogP) is 1.85. The first kappa shape index (κ1) is 21.3. The first-order valence-electron chi connectivity index (χ1n) is 8.61. The summed E-state index contributed by atoms with van der Waals surface area (Å²) in [5.41, 5.74) is -0.602. The molecule has 0 saturated carbocycles. The number of aliphatic imine (C=N–C) groups is 1. The molecule has 7 heteroatoms. The van der Waals surface area contributed by atoms with Gasteiger partial charge in [0.2, 0.25) is 0 Å². The van der Waals surface area contributed by atoms with Crippen LogP contribution in [0.5, 0.6) is 0 Å². The average molecular weight is 456 g/mol. The molecule has 0 aliphatic carbocycles. The van der Waals surface area contributed by atoms with Crippen LogP contribution in [0.2, 0.25) is 0 Å². The molecule has 2 unspecified atom stereocenters. The predicted molar refractivity (Wildman–Crippen MR) is 111 cm³/mol. The molecule has 0 bridgehead atoms. The lowest BCUT2D eigenvalue weighted by Gasteiger charge is -2.30. The fourth-order valence-corrected chi connectivity index (χ4v) is 4.62. The van der Waals surface area contributed by atoms with Crippen LogP contribution in [0.3, 0.4) is 0 Å². The number of likely N-dealkylation sites (tertiary alicyclic amines) is 1.